The Labute approximate surface area is 90.7 Å². The SMILES string of the molecule is CCCCCC(C)CCCCCNC. The van der Waals surface area contributed by atoms with Crippen molar-refractivity contribution in [3.8, 4) is 0 Å². The topological polar surface area (TPSA) is 12.0 Å². The van der Waals surface area contributed by atoms with Gasteiger partial charge >= 0.3 is 0 Å². The van der Waals surface area contributed by atoms with Crippen LogP contribution in [0.3, 0.4) is 0 Å². The summed E-state index contributed by atoms with van der Waals surface area (Å²) in [6.45, 7) is 5.88. The monoisotopic (exact) mass is 199 g/mol. The first kappa shape index (κ1) is 14.0. The lowest BCUT2D eigenvalue weighted by atomic mass is 9.97. The average Bonchev–Trinajstić information content (AvgIpc) is 2.18. The first-order valence-electron chi connectivity index (χ1n) is 6.45. The van der Waals surface area contributed by atoms with E-state index in [1.165, 1.54) is 57.9 Å². The first-order valence-corrected chi connectivity index (χ1v) is 6.45. The number of rotatable bonds is 10. The first-order chi connectivity index (χ1) is 6.81. The van der Waals surface area contributed by atoms with Crippen LogP contribution in [0.5, 0.6) is 0 Å². The van der Waals surface area contributed by atoms with Crippen molar-refractivity contribution in [3.63, 3.8) is 0 Å². The van der Waals surface area contributed by atoms with Gasteiger partial charge in [0.15, 0.2) is 0 Å². The number of hydrogen-bond donors (Lipinski definition) is 1. The lowest BCUT2D eigenvalue weighted by molar-refractivity contribution is 0.439. The number of hydrogen-bond acceptors (Lipinski definition) is 1. The summed E-state index contributed by atoms with van der Waals surface area (Å²) < 4.78 is 0. The minimum atomic E-state index is 0.955. The van der Waals surface area contributed by atoms with Crippen molar-refractivity contribution in [2.24, 2.45) is 5.92 Å². The molecule has 0 aromatic carbocycles. The standard InChI is InChI=1S/C13H29N/c1-4-5-7-10-13(2)11-8-6-9-12-14-3/h13-14H,4-12H2,1-3H3. The zero-order valence-corrected chi connectivity index (χ0v) is 10.4. The summed E-state index contributed by atoms with van der Waals surface area (Å²) >= 11 is 0. The number of unbranched alkanes of at least 4 members (excludes halogenated alkanes) is 4. The summed E-state index contributed by atoms with van der Waals surface area (Å²) in [4.78, 5) is 0. The lowest BCUT2D eigenvalue weighted by Gasteiger charge is -2.10. The van der Waals surface area contributed by atoms with E-state index in [9.17, 15) is 0 Å². The maximum Gasteiger partial charge on any atom is -0.00519 e. The normalized spacial score (nSPS) is 13.1. The van der Waals surface area contributed by atoms with Crippen LogP contribution in [-0.2, 0) is 0 Å². The van der Waals surface area contributed by atoms with Crippen molar-refractivity contribution in [2.45, 2.75) is 65.2 Å². The minimum Gasteiger partial charge on any atom is -0.320 e. The van der Waals surface area contributed by atoms with Crippen molar-refractivity contribution in [1.29, 1.82) is 0 Å². The molecule has 0 spiro atoms. The second-order valence-corrected chi connectivity index (χ2v) is 4.55. The van der Waals surface area contributed by atoms with E-state index in [0.717, 1.165) is 5.92 Å². The van der Waals surface area contributed by atoms with Gasteiger partial charge in [-0.15, -0.1) is 0 Å². The second kappa shape index (κ2) is 11.0. The molecule has 0 amide bonds. The Kier molecular flexibility index (Phi) is 11.0. The van der Waals surface area contributed by atoms with Crippen LogP contribution in [0.2, 0.25) is 0 Å². The highest BCUT2D eigenvalue weighted by Gasteiger charge is 2.00. The van der Waals surface area contributed by atoms with Crippen molar-refractivity contribution >= 4 is 0 Å². The highest BCUT2D eigenvalue weighted by molar-refractivity contribution is 4.55. The van der Waals surface area contributed by atoms with Crippen LogP contribution in [0, 0.1) is 5.92 Å². The molecule has 0 aliphatic rings. The molecule has 1 nitrogen and oxygen atoms in total. The van der Waals surface area contributed by atoms with Gasteiger partial charge in [-0.25, -0.2) is 0 Å². The molecule has 0 saturated carbocycles. The third-order valence-corrected chi connectivity index (χ3v) is 2.92. The van der Waals surface area contributed by atoms with E-state index >= 15 is 0 Å². The predicted molar refractivity (Wildman–Crippen MR) is 65.7 cm³/mol. The van der Waals surface area contributed by atoms with E-state index in [1.807, 2.05) is 7.05 Å². The molecule has 0 aromatic rings. The molecule has 86 valence electrons. The largest absolute Gasteiger partial charge is 0.320 e. The van der Waals surface area contributed by atoms with Gasteiger partial charge in [0.1, 0.15) is 0 Å². The van der Waals surface area contributed by atoms with E-state index in [2.05, 4.69) is 19.2 Å². The molecule has 14 heavy (non-hydrogen) atoms. The van der Waals surface area contributed by atoms with Crippen LogP contribution < -0.4 is 5.32 Å². The van der Waals surface area contributed by atoms with Crippen molar-refractivity contribution in [2.75, 3.05) is 13.6 Å². The van der Waals surface area contributed by atoms with Crippen LogP contribution in [0.1, 0.15) is 65.2 Å². The molecule has 0 heterocycles. The van der Waals surface area contributed by atoms with Gasteiger partial charge in [0.25, 0.3) is 0 Å². The van der Waals surface area contributed by atoms with E-state index in [-0.39, 0.29) is 0 Å². The average molecular weight is 199 g/mol. The summed E-state index contributed by atoms with van der Waals surface area (Å²) in [5, 5.41) is 3.20. The van der Waals surface area contributed by atoms with Crippen molar-refractivity contribution in [1.82, 2.24) is 5.32 Å². The van der Waals surface area contributed by atoms with Gasteiger partial charge in [-0.1, -0.05) is 58.8 Å². The Morgan fingerprint density at radius 2 is 1.57 bits per heavy atom. The third-order valence-electron chi connectivity index (χ3n) is 2.92. The molecule has 0 fully saturated rings. The Morgan fingerprint density at radius 3 is 2.14 bits per heavy atom. The zero-order chi connectivity index (χ0) is 10.6. The summed E-state index contributed by atoms with van der Waals surface area (Å²) in [7, 11) is 2.04. The molecule has 0 aliphatic heterocycles. The fourth-order valence-corrected chi connectivity index (χ4v) is 1.86. The van der Waals surface area contributed by atoms with Gasteiger partial charge in [0.2, 0.25) is 0 Å². The Morgan fingerprint density at radius 1 is 0.929 bits per heavy atom. The van der Waals surface area contributed by atoms with Crippen LogP contribution >= 0.6 is 0 Å². The molecule has 1 atom stereocenters. The van der Waals surface area contributed by atoms with Crippen LogP contribution in [0.4, 0.5) is 0 Å². The zero-order valence-electron chi connectivity index (χ0n) is 10.4. The minimum absolute atomic E-state index is 0.955. The molecule has 0 aliphatic carbocycles. The molecule has 0 rings (SSSR count). The molecular weight excluding hydrogens is 170 g/mol. The molecule has 0 aromatic heterocycles. The van der Waals surface area contributed by atoms with Crippen molar-refractivity contribution < 1.29 is 0 Å². The lowest BCUT2D eigenvalue weighted by Crippen LogP contribution is -2.07. The highest BCUT2D eigenvalue weighted by Crippen LogP contribution is 2.16. The molecule has 1 N–H and O–H groups in total. The molecule has 0 bridgehead atoms. The van der Waals surface area contributed by atoms with Gasteiger partial charge in [0.05, 0.1) is 0 Å². The fourth-order valence-electron chi connectivity index (χ4n) is 1.86. The second-order valence-electron chi connectivity index (χ2n) is 4.55. The number of nitrogens with one attached hydrogen (secondary N) is 1. The Hall–Kier alpha value is -0.0400. The summed E-state index contributed by atoms with van der Waals surface area (Å²) in [5.74, 6) is 0.955. The molecular formula is C13H29N. The van der Waals surface area contributed by atoms with Crippen LogP contribution in [-0.4, -0.2) is 13.6 Å². The molecule has 0 radical (unpaired) electrons. The molecule has 1 heteroatoms. The maximum absolute atomic E-state index is 3.20. The van der Waals surface area contributed by atoms with Gasteiger partial charge < -0.3 is 5.32 Å². The van der Waals surface area contributed by atoms with E-state index in [4.69, 9.17) is 0 Å². The van der Waals surface area contributed by atoms with Crippen molar-refractivity contribution in [3.05, 3.63) is 0 Å². The van der Waals surface area contributed by atoms with Gasteiger partial charge in [-0.2, -0.15) is 0 Å². The highest BCUT2D eigenvalue weighted by atomic mass is 14.8. The van der Waals surface area contributed by atoms with Gasteiger partial charge in [0, 0.05) is 0 Å². The fraction of sp³-hybridized carbons (Fsp3) is 1.00. The van der Waals surface area contributed by atoms with Gasteiger partial charge in [-0.3, -0.25) is 0 Å². The summed E-state index contributed by atoms with van der Waals surface area (Å²) in [5.41, 5.74) is 0. The van der Waals surface area contributed by atoms with E-state index in [1.54, 1.807) is 0 Å². The smallest absolute Gasteiger partial charge is 0.00519 e. The Balaban J connectivity index is 3.06. The third kappa shape index (κ3) is 10.0. The van der Waals surface area contributed by atoms with Crippen LogP contribution in [0.25, 0.3) is 0 Å². The molecule has 0 saturated heterocycles. The van der Waals surface area contributed by atoms with E-state index < -0.39 is 0 Å². The summed E-state index contributed by atoms with van der Waals surface area (Å²) in [6.07, 6.45) is 11.3. The summed E-state index contributed by atoms with van der Waals surface area (Å²) in [6, 6.07) is 0. The van der Waals surface area contributed by atoms with Crippen LogP contribution in [0.15, 0.2) is 0 Å². The van der Waals surface area contributed by atoms with E-state index in [0.29, 0.717) is 0 Å². The maximum atomic E-state index is 3.20. The Bertz CT molecular complexity index is 101. The molecule has 1 unspecified atom stereocenters. The predicted octanol–water partition coefficient (Wildman–Crippen LogP) is 3.98. The van der Waals surface area contributed by atoms with Gasteiger partial charge in [-0.05, 0) is 25.9 Å². The quantitative estimate of drug-likeness (QED) is 0.525.